The maximum absolute atomic E-state index is 15.0. The van der Waals surface area contributed by atoms with E-state index in [2.05, 4.69) is 36.8 Å². The molecule has 37 heavy (non-hydrogen) atoms. The van der Waals surface area contributed by atoms with E-state index in [4.69, 9.17) is 10.5 Å². The number of allylic oxidation sites excluding steroid dienone is 1. The van der Waals surface area contributed by atoms with Crippen molar-refractivity contribution in [2.75, 3.05) is 57.3 Å². The Kier molecular flexibility index (Phi) is 7.30. The molecule has 194 valence electrons. The molecule has 2 aromatic heterocycles. The van der Waals surface area contributed by atoms with Crippen molar-refractivity contribution in [3.05, 3.63) is 54.6 Å². The SMILES string of the molecule is C=C(C)c1c2cc(-c3ccnc(Nc4cc(N)c(N(C)CCN(C)C)cc4OC)n3)cc(F)c2nn1C. The summed E-state index contributed by atoms with van der Waals surface area (Å²) in [5.41, 5.74) is 11.5. The van der Waals surface area contributed by atoms with Gasteiger partial charge in [-0.3, -0.25) is 4.68 Å². The number of halogens is 1. The third-order valence-corrected chi connectivity index (χ3v) is 6.14. The molecule has 2 aromatic carbocycles. The molecule has 0 bridgehead atoms. The number of aryl methyl sites for hydroxylation is 1. The first-order valence-electron chi connectivity index (χ1n) is 11.8. The van der Waals surface area contributed by atoms with Crippen molar-refractivity contribution in [3.8, 4) is 17.0 Å². The molecule has 10 heteroatoms. The van der Waals surface area contributed by atoms with Gasteiger partial charge < -0.3 is 25.6 Å². The average Bonchev–Trinajstić information content (AvgIpc) is 3.19. The normalized spacial score (nSPS) is 11.2. The zero-order valence-corrected chi connectivity index (χ0v) is 22.1. The average molecular weight is 505 g/mol. The molecule has 0 aliphatic heterocycles. The maximum Gasteiger partial charge on any atom is 0.227 e. The Labute approximate surface area is 216 Å². The third kappa shape index (κ3) is 5.34. The molecule has 0 atom stereocenters. The van der Waals surface area contributed by atoms with Gasteiger partial charge in [0, 0.05) is 50.4 Å². The van der Waals surface area contributed by atoms with Crippen LogP contribution in [0.5, 0.6) is 5.75 Å². The molecule has 0 aliphatic rings. The topological polar surface area (TPSA) is 97.4 Å². The predicted molar refractivity (Wildman–Crippen MR) is 149 cm³/mol. The van der Waals surface area contributed by atoms with Crippen LogP contribution in [-0.4, -0.2) is 66.0 Å². The fourth-order valence-electron chi connectivity index (χ4n) is 4.26. The molecule has 2 heterocycles. The molecule has 0 fully saturated rings. The number of benzene rings is 2. The van der Waals surface area contributed by atoms with Crippen LogP contribution in [0.15, 0.2) is 43.1 Å². The number of nitrogen functional groups attached to an aromatic ring is 1. The van der Waals surface area contributed by atoms with Crippen LogP contribution in [-0.2, 0) is 7.05 Å². The standard InChI is InChI=1S/C27H33FN8O/c1-16(2)26-18-12-17(13-19(28)25(18)33-36(26)6)21-8-9-30-27(31-21)32-22-14-20(29)23(15-24(22)37-7)35(5)11-10-34(3)4/h8-9,12-15H,1,10-11,29H2,2-7H3,(H,30,31,32). The Hall–Kier alpha value is -4.18. The molecule has 0 spiro atoms. The lowest BCUT2D eigenvalue weighted by Crippen LogP contribution is -2.29. The Bertz CT molecular complexity index is 1460. The number of nitrogens with zero attached hydrogens (tertiary/aromatic N) is 6. The molecule has 0 unspecified atom stereocenters. The van der Waals surface area contributed by atoms with E-state index in [-0.39, 0.29) is 0 Å². The summed E-state index contributed by atoms with van der Waals surface area (Å²) in [6.45, 7) is 7.58. The van der Waals surface area contributed by atoms with Crippen molar-refractivity contribution < 1.29 is 9.13 Å². The molecule has 4 rings (SSSR count). The van der Waals surface area contributed by atoms with Crippen LogP contribution < -0.4 is 20.7 Å². The van der Waals surface area contributed by atoms with Gasteiger partial charge >= 0.3 is 0 Å². The second-order valence-corrected chi connectivity index (χ2v) is 9.33. The molecule has 0 saturated heterocycles. The van der Waals surface area contributed by atoms with Crippen LogP contribution >= 0.6 is 0 Å². The number of aromatic nitrogens is 4. The van der Waals surface area contributed by atoms with Gasteiger partial charge in [0.15, 0.2) is 5.82 Å². The maximum atomic E-state index is 15.0. The highest BCUT2D eigenvalue weighted by Gasteiger charge is 2.17. The second kappa shape index (κ2) is 10.4. The number of hydrogen-bond donors (Lipinski definition) is 2. The van der Waals surface area contributed by atoms with Gasteiger partial charge in [-0.1, -0.05) is 6.58 Å². The van der Waals surface area contributed by atoms with Gasteiger partial charge in [0.1, 0.15) is 11.3 Å². The minimum absolute atomic E-state index is 0.299. The predicted octanol–water partition coefficient (Wildman–Crippen LogP) is 4.53. The monoisotopic (exact) mass is 504 g/mol. The van der Waals surface area contributed by atoms with Crippen molar-refractivity contribution in [1.29, 1.82) is 0 Å². The molecular weight excluding hydrogens is 471 g/mol. The summed E-state index contributed by atoms with van der Waals surface area (Å²) >= 11 is 0. The highest BCUT2D eigenvalue weighted by Crippen LogP contribution is 2.36. The van der Waals surface area contributed by atoms with E-state index in [0.29, 0.717) is 45.2 Å². The van der Waals surface area contributed by atoms with Gasteiger partial charge in [-0.15, -0.1) is 0 Å². The second-order valence-electron chi connectivity index (χ2n) is 9.33. The molecule has 9 nitrogen and oxygen atoms in total. The number of ether oxygens (including phenoxy) is 1. The first kappa shape index (κ1) is 25.9. The lowest BCUT2D eigenvalue weighted by molar-refractivity contribution is 0.413. The number of hydrogen-bond acceptors (Lipinski definition) is 8. The summed E-state index contributed by atoms with van der Waals surface area (Å²) in [5, 5.41) is 8.19. The van der Waals surface area contributed by atoms with Crippen LogP contribution in [0.2, 0.25) is 0 Å². The minimum Gasteiger partial charge on any atom is -0.494 e. The van der Waals surface area contributed by atoms with E-state index >= 15 is 0 Å². The van der Waals surface area contributed by atoms with Crippen molar-refractivity contribution in [2.45, 2.75) is 6.92 Å². The number of nitrogens with two attached hydrogens (primary N) is 1. The Morgan fingerprint density at radius 2 is 1.95 bits per heavy atom. The largest absolute Gasteiger partial charge is 0.494 e. The smallest absolute Gasteiger partial charge is 0.227 e. The van der Waals surface area contributed by atoms with Gasteiger partial charge in [-0.25, -0.2) is 14.4 Å². The zero-order valence-electron chi connectivity index (χ0n) is 22.1. The molecule has 0 aliphatic carbocycles. The van der Waals surface area contributed by atoms with Crippen molar-refractivity contribution in [3.63, 3.8) is 0 Å². The van der Waals surface area contributed by atoms with Gasteiger partial charge in [-0.2, -0.15) is 5.10 Å². The van der Waals surface area contributed by atoms with Crippen LogP contribution in [0.25, 0.3) is 27.7 Å². The van der Waals surface area contributed by atoms with Crippen molar-refractivity contribution in [2.24, 2.45) is 7.05 Å². The lowest BCUT2D eigenvalue weighted by atomic mass is 10.0. The molecule has 0 radical (unpaired) electrons. The fourth-order valence-corrected chi connectivity index (χ4v) is 4.26. The van der Waals surface area contributed by atoms with Gasteiger partial charge in [0.2, 0.25) is 5.95 Å². The quantitative estimate of drug-likeness (QED) is 0.321. The van der Waals surface area contributed by atoms with Gasteiger partial charge in [0.25, 0.3) is 0 Å². The minimum atomic E-state index is -0.424. The van der Waals surface area contributed by atoms with Crippen molar-refractivity contribution in [1.82, 2.24) is 24.6 Å². The van der Waals surface area contributed by atoms with Crippen LogP contribution in [0.3, 0.4) is 0 Å². The fraction of sp³-hybridized carbons (Fsp3) is 0.296. The van der Waals surface area contributed by atoms with Crippen LogP contribution in [0, 0.1) is 5.82 Å². The summed E-state index contributed by atoms with van der Waals surface area (Å²) in [6.07, 6.45) is 1.62. The van der Waals surface area contributed by atoms with Crippen molar-refractivity contribution >= 4 is 39.5 Å². The van der Waals surface area contributed by atoms with Crippen LogP contribution in [0.1, 0.15) is 12.6 Å². The Balaban J connectivity index is 1.67. The van der Waals surface area contributed by atoms with E-state index in [1.165, 1.54) is 6.07 Å². The first-order chi connectivity index (χ1) is 17.6. The molecule has 0 saturated carbocycles. The molecular formula is C27H33FN8O. The third-order valence-electron chi connectivity index (χ3n) is 6.14. The number of methoxy groups -OCH3 is 1. The number of rotatable bonds is 9. The Morgan fingerprint density at radius 1 is 1.19 bits per heavy atom. The summed E-state index contributed by atoms with van der Waals surface area (Å²) in [5.74, 6) is 0.506. The van der Waals surface area contributed by atoms with E-state index < -0.39 is 5.82 Å². The molecule has 4 aromatic rings. The van der Waals surface area contributed by atoms with E-state index in [1.807, 2.05) is 40.2 Å². The van der Waals surface area contributed by atoms with E-state index in [9.17, 15) is 4.39 Å². The molecule has 0 amide bonds. The van der Waals surface area contributed by atoms with E-state index in [1.54, 1.807) is 37.2 Å². The summed E-state index contributed by atoms with van der Waals surface area (Å²) in [7, 11) is 9.43. The number of likely N-dealkylation sites (N-methyl/N-ethyl adjacent to an activating group) is 2. The lowest BCUT2D eigenvalue weighted by Gasteiger charge is -2.24. The number of anilines is 4. The molecule has 3 N–H and O–H groups in total. The first-order valence-corrected chi connectivity index (χ1v) is 11.8. The van der Waals surface area contributed by atoms with Gasteiger partial charge in [-0.05, 0) is 50.9 Å². The highest BCUT2D eigenvalue weighted by atomic mass is 19.1. The summed E-state index contributed by atoms with van der Waals surface area (Å²) in [6, 6.07) is 8.73. The number of fused-ring (bicyclic) bond motifs is 1. The van der Waals surface area contributed by atoms with Crippen LogP contribution in [0.4, 0.5) is 27.4 Å². The summed E-state index contributed by atoms with van der Waals surface area (Å²) < 4.78 is 22.3. The Morgan fingerprint density at radius 3 is 2.62 bits per heavy atom. The summed E-state index contributed by atoms with van der Waals surface area (Å²) in [4.78, 5) is 13.2. The zero-order chi connectivity index (χ0) is 26.9. The highest BCUT2D eigenvalue weighted by molar-refractivity contribution is 5.93. The van der Waals surface area contributed by atoms with Gasteiger partial charge in [0.05, 0.1) is 35.6 Å². The van der Waals surface area contributed by atoms with E-state index in [0.717, 1.165) is 30.0 Å². The number of nitrogens with one attached hydrogen (secondary N) is 1.